The van der Waals surface area contributed by atoms with E-state index in [9.17, 15) is 13.9 Å². The van der Waals surface area contributed by atoms with Gasteiger partial charge in [0.15, 0.2) is 0 Å². The van der Waals surface area contributed by atoms with Crippen molar-refractivity contribution < 1.29 is 13.9 Å². The van der Waals surface area contributed by atoms with Crippen molar-refractivity contribution in [2.45, 2.75) is 57.8 Å². The summed E-state index contributed by atoms with van der Waals surface area (Å²) in [4.78, 5) is 6.52. The van der Waals surface area contributed by atoms with E-state index >= 15 is 0 Å². The van der Waals surface area contributed by atoms with E-state index < -0.39 is 12.7 Å². The summed E-state index contributed by atoms with van der Waals surface area (Å²) in [5.41, 5.74) is 1.05. The van der Waals surface area contributed by atoms with Crippen LogP contribution in [-0.4, -0.2) is 38.2 Å². The number of piperidine rings is 1. The number of alkyl halides is 2. The molecule has 0 radical (unpaired) electrons. The number of aliphatic hydroxyl groups excluding tert-OH is 1. The smallest absolute Gasteiger partial charge is 0.320 e. The number of rotatable bonds is 5. The van der Waals surface area contributed by atoms with Crippen molar-refractivity contribution in [3.8, 4) is 0 Å². The van der Waals surface area contributed by atoms with Crippen LogP contribution in [0.3, 0.4) is 0 Å². The number of hydrogen-bond donors (Lipinski definition) is 1. The number of imidazole rings is 1. The van der Waals surface area contributed by atoms with Crippen LogP contribution in [0.4, 0.5) is 8.78 Å². The molecule has 1 aliphatic rings. The topological polar surface area (TPSA) is 41.3 Å². The van der Waals surface area contributed by atoms with E-state index in [1.165, 1.54) is 0 Å². The molecule has 1 aromatic carbocycles. The second-order valence-electron chi connectivity index (χ2n) is 6.17. The molecule has 126 valence electrons. The fourth-order valence-electron chi connectivity index (χ4n) is 3.53. The fraction of sp³-hybridized carbons (Fsp3) is 0.588. The average molecular weight is 323 g/mol. The highest BCUT2D eigenvalue weighted by Gasteiger charge is 2.29. The van der Waals surface area contributed by atoms with Gasteiger partial charge in [0.25, 0.3) is 0 Å². The molecule has 2 unspecified atom stereocenters. The van der Waals surface area contributed by atoms with Gasteiger partial charge in [0.1, 0.15) is 5.82 Å². The Labute approximate surface area is 134 Å². The molecule has 1 saturated heterocycles. The first kappa shape index (κ1) is 16.3. The van der Waals surface area contributed by atoms with Gasteiger partial charge in [-0.25, -0.2) is 4.98 Å². The van der Waals surface area contributed by atoms with E-state index in [1.807, 2.05) is 6.92 Å². The molecule has 1 N–H and O–H groups in total. The van der Waals surface area contributed by atoms with Crippen molar-refractivity contribution in [2.24, 2.45) is 0 Å². The van der Waals surface area contributed by atoms with E-state index in [0.29, 0.717) is 29.8 Å². The first-order chi connectivity index (χ1) is 11.1. The van der Waals surface area contributed by atoms with Gasteiger partial charge in [0, 0.05) is 6.04 Å². The largest absolute Gasteiger partial charge is 0.392 e. The molecule has 3 rings (SSSR count). The molecule has 23 heavy (non-hydrogen) atoms. The van der Waals surface area contributed by atoms with Crippen LogP contribution in [-0.2, 0) is 6.54 Å². The van der Waals surface area contributed by atoms with Crippen LogP contribution < -0.4 is 0 Å². The maximum absolute atomic E-state index is 13.5. The van der Waals surface area contributed by atoms with Crippen LogP contribution in [0.2, 0.25) is 0 Å². The molecule has 0 saturated carbocycles. The van der Waals surface area contributed by atoms with Crippen LogP contribution in [0.15, 0.2) is 24.3 Å². The van der Waals surface area contributed by atoms with Gasteiger partial charge in [-0.05, 0) is 37.9 Å². The summed E-state index contributed by atoms with van der Waals surface area (Å²) in [6.07, 6.45) is 3.27. The van der Waals surface area contributed by atoms with Gasteiger partial charge in [0.2, 0.25) is 0 Å². The number of likely N-dealkylation sites (tertiary alicyclic amines) is 1. The minimum atomic E-state index is -2.61. The lowest BCUT2D eigenvalue weighted by Gasteiger charge is -2.38. The molecule has 2 atom stereocenters. The Hall–Kier alpha value is -1.53. The first-order valence-corrected chi connectivity index (χ1v) is 8.28. The normalized spacial score (nSPS) is 21.2. The predicted octanol–water partition coefficient (Wildman–Crippen LogP) is 3.56. The van der Waals surface area contributed by atoms with Gasteiger partial charge in [-0.2, -0.15) is 8.78 Å². The zero-order chi connectivity index (χ0) is 16.4. The molecule has 1 aliphatic heterocycles. The molecule has 1 fully saturated rings. The van der Waals surface area contributed by atoms with Gasteiger partial charge in [-0.3, -0.25) is 9.47 Å². The van der Waals surface area contributed by atoms with Crippen molar-refractivity contribution in [3.05, 3.63) is 30.1 Å². The summed E-state index contributed by atoms with van der Waals surface area (Å²) >= 11 is 0. The van der Waals surface area contributed by atoms with Crippen LogP contribution >= 0.6 is 0 Å². The predicted molar refractivity (Wildman–Crippen MR) is 85.3 cm³/mol. The van der Waals surface area contributed by atoms with E-state index in [2.05, 4.69) is 9.88 Å². The third-order valence-corrected chi connectivity index (χ3v) is 4.74. The maximum Gasteiger partial charge on any atom is 0.320 e. The number of para-hydroxylation sites is 2. The Morgan fingerprint density at radius 1 is 1.30 bits per heavy atom. The summed E-state index contributed by atoms with van der Waals surface area (Å²) in [5, 5.41) is 10.2. The van der Waals surface area contributed by atoms with E-state index in [0.717, 1.165) is 30.4 Å². The van der Waals surface area contributed by atoms with Crippen LogP contribution in [0.5, 0.6) is 0 Å². The van der Waals surface area contributed by atoms with Crippen molar-refractivity contribution in [1.29, 1.82) is 0 Å². The summed E-state index contributed by atoms with van der Waals surface area (Å²) in [6, 6.07) is 7.01. The van der Waals surface area contributed by atoms with Gasteiger partial charge in [-0.15, -0.1) is 0 Å². The number of fused-ring (bicyclic) bond motifs is 1. The molecule has 0 aliphatic carbocycles. The van der Waals surface area contributed by atoms with Crippen molar-refractivity contribution in [1.82, 2.24) is 14.5 Å². The van der Waals surface area contributed by atoms with Gasteiger partial charge in [-0.1, -0.05) is 25.5 Å². The molecule has 2 aromatic rings. The van der Waals surface area contributed by atoms with E-state index in [1.54, 1.807) is 24.3 Å². The Bertz CT molecular complexity index is 658. The van der Waals surface area contributed by atoms with Crippen LogP contribution in [0.1, 0.15) is 45.0 Å². The second kappa shape index (κ2) is 6.93. The highest BCUT2D eigenvalue weighted by Crippen LogP contribution is 2.27. The summed E-state index contributed by atoms with van der Waals surface area (Å²) in [6.45, 7) is 0.498. The lowest BCUT2D eigenvalue weighted by Crippen LogP contribution is -2.46. The lowest BCUT2D eigenvalue weighted by atomic mass is 9.96. The number of halogens is 2. The van der Waals surface area contributed by atoms with Crippen molar-refractivity contribution in [3.63, 3.8) is 0 Å². The molecule has 1 aromatic heterocycles. The minimum Gasteiger partial charge on any atom is -0.392 e. The number of aromatic nitrogens is 2. The highest BCUT2D eigenvalue weighted by atomic mass is 19.3. The molecule has 6 heteroatoms. The molecular formula is C17H23F2N3O. The molecular weight excluding hydrogens is 300 g/mol. The average Bonchev–Trinajstić information content (AvgIpc) is 2.92. The third-order valence-electron chi connectivity index (χ3n) is 4.74. The van der Waals surface area contributed by atoms with E-state index in [-0.39, 0.29) is 6.04 Å². The first-order valence-electron chi connectivity index (χ1n) is 8.28. The SMILES string of the molecule is CCC(O)C1CCCCN1Cc1nc2ccccc2n1C(F)F. The monoisotopic (exact) mass is 323 g/mol. The van der Waals surface area contributed by atoms with Crippen molar-refractivity contribution in [2.75, 3.05) is 6.54 Å². The highest BCUT2D eigenvalue weighted by molar-refractivity contribution is 5.75. The number of hydrogen-bond acceptors (Lipinski definition) is 3. The fourth-order valence-corrected chi connectivity index (χ4v) is 3.53. The lowest BCUT2D eigenvalue weighted by molar-refractivity contribution is 0.0136. The Morgan fingerprint density at radius 3 is 2.83 bits per heavy atom. The van der Waals surface area contributed by atoms with Crippen molar-refractivity contribution >= 4 is 11.0 Å². The Kier molecular flexibility index (Phi) is 4.92. The van der Waals surface area contributed by atoms with Gasteiger partial charge >= 0.3 is 6.55 Å². The van der Waals surface area contributed by atoms with Crippen LogP contribution in [0.25, 0.3) is 11.0 Å². The Morgan fingerprint density at radius 2 is 2.09 bits per heavy atom. The summed E-state index contributed by atoms with van der Waals surface area (Å²) < 4.78 is 28.1. The van der Waals surface area contributed by atoms with Gasteiger partial charge < -0.3 is 5.11 Å². The molecule has 0 spiro atoms. The maximum atomic E-state index is 13.5. The zero-order valence-electron chi connectivity index (χ0n) is 13.3. The summed E-state index contributed by atoms with van der Waals surface area (Å²) in [7, 11) is 0. The number of aliphatic hydroxyl groups is 1. The quantitative estimate of drug-likeness (QED) is 0.915. The van der Waals surface area contributed by atoms with Crippen LogP contribution in [0, 0.1) is 0 Å². The third kappa shape index (κ3) is 3.23. The minimum absolute atomic E-state index is 0.0275. The molecule has 4 nitrogen and oxygen atoms in total. The Balaban J connectivity index is 1.92. The zero-order valence-corrected chi connectivity index (χ0v) is 13.3. The summed E-state index contributed by atoms with van der Waals surface area (Å²) in [5.74, 6) is 0.372. The molecule has 2 heterocycles. The van der Waals surface area contributed by atoms with Gasteiger partial charge in [0.05, 0.1) is 23.7 Å². The van der Waals surface area contributed by atoms with E-state index in [4.69, 9.17) is 0 Å². The second-order valence-corrected chi connectivity index (χ2v) is 6.17. The number of nitrogens with zero attached hydrogens (tertiary/aromatic N) is 3. The number of benzene rings is 1. The standard InChI is InChI=1S/C17H23F2N3O/c1-2-15(23)14-9-5-6-10-21(14)11-16-20-12-7-3-4-8-13(12)22(16)17(18)19/h3-4,7-8,14-15,17,23H,2,5-6,9-11H2,1H3. The molecule has 0 amide bonds. The molecule has 0 bridgehead atoms.